The smallest absolute Gasteiger partial charge is 0.318 e. The van der Waals surface area contributed by atoms with Crippen LogP contribution in [0.3, 0.4) is 0 Å². The number of ether oxygens (including phenoxy) is 2. The Balaban J connectivity index is 3.16. The summed E-state index contributed by atoms with van der Waals surface area (Å²) in [5.41, 5.74) is -0.216. The predicted molar refractivity (Wildman–Crippen MR) is 62.5 cm³/mol. The van der Waals surface area contributed by atoms with Crippen molar-refractivity contribution in [3.05, 3.63) is 29.8 Å². The van der Waals surface area contributed by atoms with Crippen molar-refractivity contribution in [3.63, 3.8) is 0 Å². The van der Waals surface area contributed by atoms with Gasteiger partial charge in [-0.2, -0.15) is 0 Å². The van der Waals surface area contributed by atoms with Crippen molar-refractivity contribution in [2.45, 2.75) is 12.3 Å². The Morgan fingerprint density at radius 1 is 1.41 bits per heavy atom. The topological polar surface area (TPSA) is 70.8 Å². The molecule has 1 aromatic carbocycles. The van der Waals surface area contributed by atoms with Crippen molar-refractivity contribution < 1.29 is 19.1 Å². The normalized spacial score (nSPS) is 13.9. The van der Waals surface area contributed by atoms with E-state index in [1.165, 1.54) is 7.11 Å². The lowest BCUT2D eigenvalue weighted by molar-refractivity contribution is -0.149. The quantitative estimate of drug-likeness (QED) is 0.613. The van der Waals surface area contributed by atoms with Crippen molar-refractivity contribution in [2.24, 2.45) is 5.90 Å². The van der Waals surface area contributed by atoms with E-state index >= 15 is 0 Å². The number of esters is 1. The van der Waals surface area contributed by atoms with Crippen LogP contribution >= 0.6 is 0 Å². The van der Waals surface area contributed by atoms with Gasteiger partial charge in [0.05, 0.1) is 20.8 Å². The van der Waals surface area contributed by atoms with Crippen molar-refractivity contribution in [1.29, 1.82) is 0 Å². The van der Waals surface area contributed by atoms with Crippen LogP contribution in [0.5, 0.6) is 5.75 Å². The molecule has 0 amide bonds. The highest BCUT2D eigenvalue weighted by Gasteiger charge is 2.37. The number of hydrogen-bond acceptors (Lipinski definition) is 5. The summed E-state index contributed by atoms with van der Waals surface area (Å²) in [5, 5.41) is 0. The molecule has 94 valence electrons. The number of rotatable bonds is 5. The molecule has 0 aliphatic carbocycles. The summed E-state index contributed by atoms with van der Waals surface area (Å²) < 4.78 is 9.90. The Labute approximate surface area is 100 Å². The van der Waals surface area contributed by atoms with Crippen LogP contribution in [0.4, 0.5) is 0 Å². The first kappa shape index (κ1) is 13.5. The molecule has 0 radical (unpaired) electrons. The molecule has 0 spiro atoms. The molecule has 1 atom stereocenters. The maximum atomic E-state index is 11.8. The Hall–Kier alpha value is -1.59. The van der Waals surface area contributed by atoms with Crippen LogP contribution in [0.1, 0.15) is 12.5 Å². The third-order valence-electron chi connectivity index (χ3n) is 2.71. The summed E-state index contributed by atoms with van der Waals surface area (Å²) in [6, 6.07) is 7.16. The minimum absolute atomic E-state index is 0.0346. The number of nitrogens with two attached hydrogens (primary N) is 1. The monoisotopic (exact) mass is 239 g/mol. The Bertz CT molecular complexity index is 394. The lowest BCUT2D eigenvalue weighted by Crippen LogP contribution is -2.39. The minimum atomic E-state index is -0.946. The van der Waals surface area contributed by atoms with Gasteiger partial charge in [-0.1, -0.05) is 12.1 Å². The maximum absolute atomic E-state index is 11.8. The zero-order chi connectivity index (χ0) is 12.9. The van der Waals surface area contributed by atoms with E-state index in [1.807, 2.05) is 0 Å². The fraction of sp³-hybridized carbons (Fsp3) is 0.417. The molecular formula is C12H17NO4. The third kappa shape index (κ3) is 2.75. The summed E-state index contributed by atoms with van der Waals surface area (Å²) in [4.78, 5) is 16.4. The highest BCUT2D eigenvalue weighted by Crippen LogP contribution is 2.28. The molecule has 1 aromatic rings. The Kier molecular flexibility index (Phi) is 4.48. The van der Waals surface area contributed by atoms with Crippen molar-refractivity contribution in [3.8, 4) is 5.75 Å². The average Bonchev–Trinajstić information content (AvgIpc) is 2.38. The van der Waals surface area contributed by atoms with Crippen LogP contribution < -0.4 is 10.6 Å². The highest BCUT2D eigenvalue weighted by atomic mass is 16.6. The molecule has 0 heterocycles. The summed E-state index contributed by atoms with van der Waals surface area (Å²) >= 11 is 0. The molecule has 5 nitrogen and oxygen atoms in total. The number of carbonyl (C=O) groups is 1. The molecule has 0 aromatic heterocycles. The summed E-state index contributed by atoms with van der Waals surface area (Å²) in [6.45, 7) is 1.74. The summed E-state index contributed by atoms with van der Waals surface area (Å²) in [5.74, 6) is 5.33. The lowest BCUT2D eigenvalue weighted by Gasteiger charge is -2.26. The first-order chi connectivity index (χ1) is 8.08. The van der Waals surface area contributed by atoms with E-state index in [4.69, 9.17) is 15.4 Å². The second-order valence-corrected chi connectivity index (χ2v) is 3.87. The van der Waals surface area contributed by atoms with E-state index in [1.54, 1.807) is 38.3 Å². The zero-order valence-electron chi connectivity index (χ0n) is 10.2. The highest BCUT2D eigenvalue weighted by molar-refractivity contribution is 5.83. The average molecular weight is 239 g/mol. The van der Waals surface area contributed by atoms with Gasteiger partial charge in [-0.15, -0.1) is 0 Å². The Morgan fingerprint density at radius 3 is 2.65 bits per heavy atom. The van der Waals surface area contributed by atoms with Gasteiger partial charge in [-0.25, -0.2) is 5.90 Å². The van der Waals surface area contributed by atoms with Gasteiger partial charge in [0.2, 0.25) is 0 Å². The van der Waals surface area contributed by atoms with Crippen LogP contribution in [-0.2, 0) is 19.8 Å². The first-order valence-electron chi connectivity index (χ1n) is 5.13. The van der Waals surface area contributed by atoms with Gasteiger partial charge in [0.25, 0.3) is 0 Å². The number of carbonyl (C=O) groups excluding carboxylic acids is 1. The molecule has 0 bridgehead atoms. The molecule has 1 unspecified atom stereocenters. The largest absolute Gasteiger partial charge is 0.497 e. The van der Waals surface area contributed by atoms with Gasteiger partial charge in [0, 0.05) is 0 Å². The predicted octanol–water partition coefficient (Wildman–Crippen LogP) is 1.02. The molecule has 0 saturated carbocycles. The van der Waals surface area contributed by atoms with E-state index in [9.17, 15) is 4.79 Å². The van der Waals surface area contributed by atoms with Crippen molar-refractivity contribution >= 4 is 5.97 Å². The van der Waals surface area contributed by atoms with Crippen LogP contribution in [0.15, 0.2) is 24.3 Å². The fourth-order valence-electron chi connectivity index (χ4n) is 1.62. The van der Waals surface area contributed by atoms with E-state index in [0.29, 0.717) is 5.75 Å². The van der Waals surface area contributed by atoms with Crippen LogP contribution in [0, 0.1) is 0 Å². The van der Waals surface area contributed by atoms with Gasteiger partial charge in [-0.3, -0.25) is 4.79 Å². The summed E-state index contributed by atoms with van der Waals surface area (Å²) in [7, 11) is 2.89. The molecule has 17 heavy (non-hydrogen) atoms. The third-order valence-corrected chi connectivity index (χ3v) is 2.71. The molecule has 0 aliphatic heterocycles. The molecular weight excluding hydrogens is 222 g/mol. The molecule has 1 rings (SSSR count). The number of hydrogen-bond donors (Lipinski definition) is 1. The van der Waals surface area contributed by atoms with E-state index < -0.39 is 11.4 Å². The molecule has 2 N–H and O–H groups in total. The minimum Gasteiger partial charge on any atom is -0.497 e. The second-order valence-electron chi connectivity index (χ2n) is 3.87. The van der Waals surface area contributed by atoms with Gasteiger partial charge in [-0.05, 0) is 24.6 Å². The summed E-state index contributed by atoms with van der Waals surface area (Å²) in [6.07, 6.45) is 0. The van der Waals surface area contributed by atoms with Crippen LogP contribution in [-0.4, -0.2) is 26.8 Å². The van der Waals surface area contributed by atoms with E-state index in [2.05, 4.69) is 4.84 Å². The standard InChI is InChI=1S/C12H17NO4/c1-12(8-17-13,11(14)16-3)9-5-4-6-10(7-9)15-2/h4-7H,8,13H2,1-3H3. The van der Waals surface area contributed by atoms with Crippen LogP contribution in [0.25, 0.3) is 0 Å². The molecule has 5 heteroatoms. The molecule has 0 saturated heterocycles. The van der Waals surface area contributed by atoms with Gasteiger partial charge in [0.1, 0.15) is 11.2 Å². The second kappa shape index (κ2) is 5.65. The number of methoxy groups -OCH3 is 2. The lowest BCUT2D eigenvalue weighted by atomic mass is 9.83. The zero-order valence-corrected chi connectivity index (χ0v) is 10.2. The number of benzene rings is 1. The van der Waals surface area contributed by atoms with E-state index in [0.717, 1.165) is 5.56 Å². The Morgan fingerprint density at radius 2 is 2.12 bits per heavy atom. The van der Waals surface area contributed by atoms with Gasteiger partial charge >= 0.3 is 5.97 Å². The molecule has 0 fully saturated rings. The van der Waals surface area contributed by atoms with Crippen molar-refractivity contribution in [1.82, 2.24) is 0 Å². The van der Waals surface area contributed by atoms with Crippen molar-refractivity contribution in [2.75, 3.05) is 20.8 Å². The fourth-order valence-corrected chi connectivity index (χ4v) is 1.62. The first-order valence-corrected chi connectivity index (χ1v) is 5.13. The van der Waals surface area contributed by atoms with E-state index in [-0.39, 0.29) is 6.61 Å². The van der Waals surface area contributed by atoms with Gasteiger partial charge in [0.15, 0.2) is 0 Å². The van der Waals surface area contributed by atoms with Crippen LogP contribution in [0.2, 0.25) is 0 Å². The molecule has 0 aliphatic rings. The van der Waals surface area contributed by atoms with Gasteiger partial charge < -0.3 is 14.3 Å². The maximum Gasteiger partial charge on any atom is 0.318 e. The SMILES string of the molecule is COC(=O)C(C)(CON)c1cccc(OC)c1.